The standard InChI is InChI=1S/C7H7NO2.CH4O3S/c8-7(10)5-3-1-2-4-6(5)9;1-5(2,3)4/h1-4,9H,(H2,8,10);1H3,(H,2,3,4). The normalized spacial score (nSPS) is 10.0. The van der Waals surface area contributed by atoms with Crippen LogP contribution in [0.25, 0.3) is 0 Å². The topological polar surface area (TPSA) is 118 Å². The molecule has 0 aliphatic heterocycles. The van der Waals surface area contributed by atoms with Crippen LogP contribution in [0.15, 0.2) is 24.3 Å². The highest BCUT2D eigenvalue weighted by molar-refractivity contribution is 7.85. The van der Waals surface area contributed by atoms with Gasteiger partial charge in [-0.15, -0.1) is 0 Å². The molecule has 15 heavy (non-hydrogen) atoms. The van der Waals surface area contributed by atoms with Gasteiger partial charge in [0.2, 0.25) is 0 Å². The minimum atomic E-state index is -3.67. The summed E-state index contributed by atoms with van der Waals surface area (Å²) in [5.74, 6) is -0.687. The van der Waals surface area contributed by atoms with Crippen molar-refractivity contribution in [2.24, 2.45) is 5.73 Å². The van der Waals surface area contributed by atoms with Gasteiger partial charge in [0.05, 0.1) is 11.8 Å². The van der Waals surface area contributed by atoms with Gasteiger partial charge in [0.1, 0.15) is 5.75 Å². The van der Waals surface area contributed by atoms with E-state index in [1.807, 2.05) is 0 Å². The molecule has 7 heteroatoms. The lowest BCUT2D eigenvalue weighted by Gasteiger charge is -1.96. The summed E-state index contributed by atoms with van der Waals surface area (Å²) in [6.45, 7) is 0. The van der Waals surface area contributed by atoms with Gasteiger partial charge in [0.15, 0.2) is 0 Å². The fourth-order valence-corrected chi connectivity index (χ4v) is 0.682. The molecular weight excluding hydrogens is 222 g/mol. The van der Waals surface area contributed by atoms with Crippen LogP contribution in [0.5, 0.6) is 5.75 Å². The lowest BCUT2D eigenvalue weighted by atomic mass is 10.2. The van der Waals surface area contributed by atoms with Gasteiger partial charge in [-0.2, -0.15) is 8.42 Å². The van der Waals surface area contributed by atoms with Crippen molar-refractivity contribution in [1.82, 2.24) is 0 Å². The van der Waals surface area contributed by atoms with Crippen LogP contribution in [0.3, 0.4) is 0 Å². The number of phenols is 1. The maximum atomic E-state index is 10.5. The van der Waals surface area contributed by atoms with E-state index >= 15 is 0 Å². The van der Waals surface area contributed by atoms with Gasteiger partial charge < -0.3 is 10.8 Å². The summed E-state index contributed by atoms with van der Waals surface area (Å²) in [6, 6.07) is 6.15. The van der Waals surface area contributed by atoms with Gasteiger partial charge in [-0.25, -0.2) is 0 Å². The molecule has 4 N–H and O–H groups in total. The van der Waals surface area contributed by atoms with Gasteiger partial charge >= 0.3 is 0 Å². The molecule has 1 aromatic rings. The maximum Gasteiger partial charge on any atom is 0.261 e. The van der Waals surface area contributed by atoms with E-state index in [2.05, 4.69) is 0 Å². The second-order valence-corrected chi connectivity index (χ2v) is 4.08. The number of nitrogens with two attached hydrogens (primary N) is 1. The summed E-state index contributed by atoms with van der Waals surface area (Å²) in [5.41, 5.74) is 5.07. The first-order chi connectivity index (χ1) is 6.72. The Morgan fingerprint density at radius 1 is 1.33 bits per heavy atom. The predicted molar refractivity (Wildman–Crippen MR) is 54.1 cm³/mol. The molecule has 0 atom stereocenters. The third-order valence-corrected chi connectivity index (χ3v) is 1.17. The van der Waals surface area contributed by atoms with E-state index in [0.717, 1.165) is 0 Å². The van der Waals surface area contributed by atoms with Crippen molar-refractivity contribution in [2.75, 3.05) is 6.26 Å². The number of hydrogen-bond acceptors (Lipinski definition) is 4. The summed E-state index contributed by atoms with van der Waals surface area (Å²) < 4.78 is 25.9. The van der Waals surface area contributed by atoms with Gasteiger partial charge in [-0.3, -0.25) is 9.35 Å². The van der Waals surface area contributed by atoms with Crippen LogP contribution in [-0.4, -0.2) is 30.2 Å². The number of benzene rings is 1. The molecule has 0 saturated carbocycles. The first-order valence-corrected chi connectivity index (χ1v) is 5.57. The fraction of sp³-hybridized carbons (Fsp3) is 0.125. The second kappa shape index (κ2) is 5.32. The first-order valence-electron chi connectivity index (χ1n) is 3.72. The molecular formula is C8H11NO5S. The maximum absolute atomic E-state index is 10.5. The molecule has 84 valence electrons. The van der Waals surface area contributed by atoms with Crippen molar-refractivity contribution >= 4 is 16.0 Å². The SMILES string of the molecule is CS(=O)(=O)O.NC(=O)c1ccccc1O. The van der Waals surface area contributed by atoms with Crippen LogP contribution < -0.4 is 5.73 Å². The number of para-hydroxylation sites is 1. The molecule has 0 heterocycles. The van der Waals surface area contributed by atoms with E-state index < -0.39 is 16.0 Å². The average molecular weight is 233 g/mol. The highest BCUT2D eigenvalue weighted by Gasteiger charge is 2.03. The van der Waals surface area contributed by atoms with Crippen molar-refractivity contribution in [3.63, 3.8) is 0 Å². The Labute approximate surface area is 87.1 Å². The third kappa shape index (κ3) is 7.47. The average Bonchev–Trinajstić information content (AvgIpc) is 2.01. The Morgan fingerprint density at radius 3 is 2.00 bits per heavy atom. The number of carbonyl (C=O) groups is 1. The molecule has 6 nitrogen and oxygen atoms in total. The van der Waals surface area contributed by atoms with E-state index in [-0.39, 0.29) is 11.3 Å². The van der Waals surface area contributed by atoms with Crippen LogP contribution in [0.2, 0.25) is 0 Å². The third-order valence-electron chi connectivity index (χ3n) is 1.17. The van der Waals surface area contributed by atoms with Gasteiger partial charge in [0.25, 0.3) is 16.0 Å². The summed E-state index contributed by atoms with van der Waals surface area (Å²) >= 11 is 0. The van der Waals surface area contributed by atoms with Crippen LogP contribution in [0.1, 0.15) is 10.4 Å². The summed E-state index contributed by atoms with van der Waals surface area (Å²) in [4.78, 5) is 10.5. The summed E-state index contributed by atoms with van der Waals surface area (Å²) in [5, 5.41) is 8.98. The van der Waals surface area contributed by atoms with Crippen LogP contribution in [-0.2, 0) is 10.1 Å². The van der Waals surface area contributed by atoms with E-state index in [1.54, 1.807) is 12.1 Å². The largest absolute Gasteiger partial charge is 0.507 e. The lowest BCUT2D eigenvalue weighted by Crippen LogP contribution is -2.10. The number of rotatable bonds is 1. The summed E-state index contributed by atoms with van der Waals surface area (Å²) in [6.07, 6.45) is 0.715. The molecule has 1 rings (SSSR count). The number of aromatic hydroxyl groups is 1. The molecule has 0 saturated heterocycles. The fourth-order valence-electron chi connectivity index (χ4n) is 0.682. The molecule has 0 radical (unpaired) electrons. The molecule has 0 aromatic heterocycles. The van der Waals surface area contributed by atoms with Crippen molar-refractivity contribution in [1.29, 1.82) is 0 Å². The summed E-state index contributed by atoms with van der Waals surface area (Å²) in [7, 11) is -3.67. The Bertz CT molecular complexity index is 432. The number of primary amides is 1. The highest BCUT2D eigenvalue weighted by Crippen LogP contribution is 2.13. The Hall–Kier alpha value is -1.60. The lowest BCUT2D eigenvalue weighted by molar-refractivity contribution is 0.0997. The minimum Gasteiger partial charge on any atom is -0.507 e. The van der Waals surface area contributed by atoms with Crippen LogP contribution in [0.4, 0.5) is 0 Å². The molecule has 0 bridgehead atoms. The second-order valence-electron chi connectivity index (χ2n) is 2.61. The minimum absolute atomic E-state index is 0.0741. The Kier molecular flexibility index (Phi) is 4.75. The monoisotopic (exact) mass is 233 g/mol. The molecule has 0 aliphatic rings. The number of amides is 1. The number of hydrogen-bond donors (Lipinski definition) is 3. The first kappa shape index (κ1) is 13.4. The van der Waals surface area contributed by atoms with Crippen molar-refractivity contribution in [3.05, 3.63) is 29.8 Å². The molecule has 0 aliphatic carbocycles. The molecule has 0 unspecified atom stereocenters. The molecule has 1 aromatic carbocycles. The van der Waals surface area contributed by atoms with Crippen LogP contribution >= 0.6 is 0 Å². The zero-order valence-corrected chi connectivity index (χ0v) is 8.73. The van der Waals surface area contributed by atoms with Crippen LogP contribution in [0, 0.1) is 0 Å². The predicted octanol–water partition coefficient (Wildman–Crippen LogP) is -0.00490. The highest BCUT2D eigenvalue weighted by atomic mass is 32.2. The Balaban J connectivity index is 0.000000336. The van der Waals surface area contributed by atoms with Gasteiger partial charge in [-0.1, -0.05) is 12.1 Å². The zero-order valence-electron chi connectivity index (χ0n) is 7.91. The zero-order chi connectivity index (χ0) is 12.1. The van der Waals surface area contributed by atoms with Crippen molar-refractivity contribution in [3.8, 4) is 5.75 Å². The van der Waals surface area contributed by atoms with E-state index in [9.17, 15) is 13.2 Å². The van der Waals surface area contributed by atoms with E-state index in [0.29, 0.717) is 6.26 Å². The van der Waals surface area contributed by atoms with E-state index in [4.69, 9.17) is 15.4 Å². The van der Waals surface area contributed by atoms with Crippen molar-refractivity contribution in [2.45, 2.75) is 0 Å². The molecule has 0 fully saturated rings. The Morgan fingerprint density at radius 2 is 1.73 bits per heavy atom. The van der Waals surface area contributed by atoms with Crippen molar-refractivity contribution < 1.29 is 22.9 Å². The van der Waals surface area contributed by atoms with E-state index in [1.165, 1.54) is 12.1 Å². The molecule has 1 amide bonds. The quantitative estimate of drug-likeness (QED) is 0.590. The molecule has 0 spiro atoms. The smallest absolute Gasteiger partial charge is 0.261 e. The number of carbonyl (C=O) groups excluding carboxylic acids is 1. The van der Waals surface area contributed by atoms with Gasteiger partial charge in [-0.05, 0) is 12.1 Å². The van der Waals surface area contributed by atoms with Gasteiger partial charge in [0, 0.05) is 0 Å².